The van der Waals surface area contributed by atoms with Gasteiger partial charge in [0.2, 0.25) is 11.0 Å². The first kappa shape index (κ1) is 14.2. The average Bonchev–Trinajstić information content (AvgIpc) is 2.68. The van der Waals surface area contributed by atoms with Gasteiger partial charge in [0.1, 0.15) is 7.05 Å². The molecule has 0 fully saturated rings. The Kier molecular flexibility index (Phi) is 3.07. The van der Waals surface area contributed by atoms with Gasteiger partial charge in [-0.15, -0.1) is 0 Å². The zero-order valence-corrected chi connectivity index (χ0v) is 14.1. The van der Waals surface area contributed by atoms with Crippen molar-refractivity contribution in [2.45, 2.75) is 0 Å². The number of hydrogen-bond acceptors (Lipinski definition) is 0. The van der Waals surface area contributed by atoms with Gasteiger partial charge in [0.25, 0.3) is 0 Å². The maximum Gasteiger partial charge on any atom is 0.213 e. The van der Waals surface area contributed by atoms with E-state index in [-0.39, 0.29) is 0 Å². The van der Waals surface area contributed by atoms with Crippen molar-refractivity contribution in [1.29, 1.82) is 0 Å². The Hall–Kier alpha value is -3.19. The van der Waals surface area contributed by atoms with Crippen molar-refractivity contribution in [2.24, 2.45) is 7.05 Å². The van der Waals surface area contributed by atoms with Crippen LogP contribution in [0.1, 0.15) is 0 Å². The van der Waals surface area contributed by atoms with Crippen molar-refractivity contribution in [1.82, 2.24) is 0 Å². The van der Waals surface area contributed by atoms with Crippen LogP contribution in [0.3, 0.4) is 0 Å². The molecular formula is C24H18N+. The van der Waals surface area contributed by atoms with Gasteiger partial charge in [0, 0.05) is 17.7 Å². The molecule has 0 saturated heterocycles. The van der Waals surface area contributed by atoms with Crippen LogP contribution in [-0.4, -0.2) is 0 Å². The predicted molar refractivity (Wildman–Crippen MR) is 106 cm³/mol. The minimum atomic E-state index is 1.25. The molecule has 0 aliphatic rings. The Balaban J connectivity index is 2.06. The monoisotopic (exact) mass is 320 g/mol. The molecule has 0 saturated carbocycles. The van der Waals surface area contributed by atoms with Crippen LogP contribution in [0.4, 0.5) is 0 Å². The first-order valence-corrected chi connectivity index (χ1v) is 8.62. The number of hydrogen-bond donors (Lipinski definition) is 0. The molecule has 5 rings (SSSR count). The Morgan fingerprint density at radius 1 is 0.520 bits per heavy atom. The summed E-state index contributed by atoms with van der Waals surface area (Å²) >= 11 is 0. The van der Waals surface area contributed by atoms with Crippen LogP contribution < -0.4 is 4.57 Å². The van der Waals surface area contributed by atoms with Crippen LogP contribution in [-0.2, 0) is 7.05 Å². The second kappa shape index (κ2) is 5.42. The summed E-state index contributed by atoms with van der Waals surface area (Å²) in [6.45, 7) is 0. The van der Waals surface area contributed by atoms with Gasteiger partial charge in [-0.2, -0.15) is 4.57 Å². The molecule has 0 bridgehead atoms. The van der Waals surface area contributed by atoms with E-state index in [1.807, 2.05) is 0 Å². The van der Waals surface area contributed by atoms with E-state index in [2.05, 4.69) is 103 Å². The van der Waals surface area contributed by atoms with E-state index < -0.39 is 0 Å². The summed E-state index contributed by atoms with van der Waals surface area (Å²) in [6.07, 6.45) is 0. The van der Waals surface area contributed by atoms with Gasteiger partial charge < -0.3 is 0 Å². The lowest BCUT2D eigenvalue weighted by Gasteiger charge is -2.12. The lowest BCUT2D eigenvalue weighted by molar-refractivity contribution is -0.617. The Morgan fingerprint density at radius 2 is 1.04 bits per heavy atom. The molecule has 1 aromatic heterocycles. The standard InChI is InChI=1S/C24H18N/c1-25-22-15-6-4-12-20(22)24(21-13-5-7-16-23(21)25)19-14-8-10-17-9-2-3-11-18(17)19/h2-16H,1H3/q+1. The highest BCUT2D eigenvalue weighted by Gasteiger charge is 2.19. The maximum atomic E-state index is 2.29. The molecule has 1 heterocycles. The number of fused-ring (bicyclic) bond motifs is 3. The summed E-state index contributed by atoms with van der Waals surface area (Å²) in [5.74, 6) is 0. The van der Waals surface area contributed by atoms with Crippen LogP contribution in [0.15, 0.2) is 91.0 Å². The minimum absolute atomic E-state index is 1.25. The Labute approximate surface area is 146 Å². The molecule has 0 aliphatic carbocycles. The summed E-state index contributed by atoms with van der Waals surface area (Å²) in [5.41, 5.74) is 5.13. The molecule has 4 aromatic carbocycles. The van der Waals surface area contributed by atoms with Gasteiger partial charge in [-0.25, -0.2) is 0 Å². The number of aryl methyl sites for hydroxylation is 1. The summed E-state index contributed by atoms with van der Waals surface area (Å²) < 4.78 is 2.29. The number of nitrogens with zero attached hydrogens (tertiary/aromatic N) is 1. The summed E-state index contributed by atoms with van der Waals surface area (Å²) in [4.78, 5) is 0. The first-order chi connectivity index (χ1) is 12.3. The molecule has 0 spiro atoms. The lowest BCUT2D eigenvalue weighted by Crippen LogP contribution is -2.30. The highest BCUT2D eigenvalue weighted by molar-refractivity contribution is 6.12. The largest absolute Gasteiger partial charge is 0.213 e. The maximum absolute atomic E-state index is 2.29. The van der Waals surface area contributed by atoms with Gasteiger partial charge >= 0.3 is 0 Å². The molecule has 1 nitrogen and oxygen atoms in total. The molecular weight excluding hydrogens is 302 g/mol. The number of rotatable bonds is 1. The van der Waals surface area contributed by atoms with E-state index in [1.54, 1.807) is 0 Å². The predicted octanol–water partition coefficient (Wildman–Crippen LogP) is 5.64. The molecule has 0 unspecified atom stereocenters. The Morgan fingerprint density at radius 3 is 1.72 bits per heavy atom. The number of benzene rings is 4. The highest BCUT2D eigenvalue weighted by Crippen LogP contribution is 2.37. The van der Waals surface area contributed by atoms with E-state index >= 15 is 0 Å². The van der Waals surface area contributed by atoms with Crippen LogP contribution in [0, 0.1) is 0 Å². The quantitative estimate of drug-likeness (QED) is 0.278. The van der Waals surface area contributed by atoms with E-state index in [9.17, 15) is 0 Å². The third kappa shape index (κ3) is 2.06. The van der Waals surface area contributed by atoms with Gasteiger partial charge in [0.15, 0.2) is 0 Å². The van der Waals surface area contributed by atoms with Crippen molar-refractivity contribution in [3.05, 3.63) is 91.0 Å². The van der Waals surface area contributed by atoms with Gasteiger partial charge in [-0.1, -0.05) is 66.7 Å². The molecule has 0 radical (unpaired) electrons. The molecule has 118 valence electrons. The van der Waals surface area contributed by atoms with Crippen molar-refractivity contribution in [2.75, 3.05) is 0 Å². The fraction of sp³-hybridized carbons (Fsp3) is 0.0417. The molecule has 0 N–H and O–H groups in total. The zero-order valence-electron chi connectivity index (χ0n) is 14.1. The third-order valence-electron chi connectivity index (χ3n) is 5.13. The van der Waals surface area contributed by atoms with Gasteiger partial charge in [-0.3, -0.25) is 0 Å². The number of para-hydroxylation sites is 2. The van der Waals surface area contributed by atoms with Crippen molar-refractivity contribution >= 4 is 32.6 Å². The topological polar surface area (TPSA) is 3.88 Å². The molecule has 0 amide bonds. The fourth-order valence-electron chi connectivity index (χ4n) is 3.96. The fourth-order valence-corrected chi connectivity index (χ4v) is 3.96. The summed E-state index contributed by atoms with van der Waals surface area (Å²) in [7, 11) is 2.15. The van der Waals surface area contributed by atoms with Gasteiger partial charge in [-0.05, 0) is 28.5 Å². The van der Waals surface area contributed by atoms with E-state index in [4.69, 9.17) is 0 Å². The van der Waals surface area contributed by atoms with E-state index in [0.717, 1.165) is 0 Å². The summed E-state index contributed by atoms with van der Waals surface area (Å²) in [5, 5.41) is 5.16. The Bertz CT molecular complexity index is 1190. The van der Waals surface area contributed by atoms with Crippen molar-refractivity contribution in [3.63, 3.8) is 0 Å². The molecule has 0 aliphatic heterocycles. The SMILES string of the molecule is C[n+]1c2ccccc2c(-c2cccc3ccccc23)c2ccccc21. The van der Waals surface area contributed by atoms with E-state index in [0.29, 0.717) is 0 Å². The normalized spacial score (nSPS) is 11.4. The third-order valence-corrected chi connectivity index (χ3v) is 5.13. The smallest absolute Gasteiger partial charge is 0.194 e. The highest BCUT2D eigenvalue weighted by atomic mass is 14.9. The molecule has 0 atom stereocenters. The number of aromatic nitrogens is 1. The van der Waals surface area contributed by atoms with Crippen molar-refractivity contribution < 1.29 is 4.57 Å². The minimum Gasteiger partial charge on any atom is -0.194 e. The van der Waals surface area contributed by atoms with Crippen LogP contribution >= 0.6 is 0 Å². The van der Waals surface area contributed by atoms with Gasteiger partial charge in [0.05, 0.1) is 10.8 Å². The van der Waals surface area contributed by atoms with Crippen LogP contribution in [0.2, 0.25) is 0 Å². The van der Waals surface area contributed by atoms with E-state index in [1.165, 1.54) is 43.7 Å². The summed E-state index contributed by atoms with van der Waals surface area (Å²) in [6, 6.07) is 32.6. The second-order valence-corrected chi connectivity index (χ2v) is 6.50. The average molecular weight is 320 g/mol. The first-order valence-electron chi connectivity index (χ1n) is 8.62. The van der Waals surface area contributed by atoms with Crippen LogP contribution in [0.25, 0.3) is 43.7 Å². The molecule has 1 heteroatoms. The molecule has 25 heavy (non-hydrogen) atoms. The second-order valence-electron chi connectivity index (χ2n) is 6.50. The lowest BCUT2D eigenvalue weighted by atomic mass is 9.92. The van der Waals surface area contributed by atoms with Crippen molar-refractivity contribution in [3.8, 4) is 11.1 Å². The number of pyridine rings is 1. The van der Waals surface area contributed by atoms with Crippen LogP contribution in [0.5, 0.6) is 0 Å². The zero-order chi connectivity index (χ0) is 16.8. The molecule has 5 aromatic rings.